The zero-order valence-electron chi connectivity index (χ0n) is 22.0. The molecule has 2 heterocycles. The van der Waals surface area contributed by atoms with Crippen LogP contribution in [0.4, 0.5) is 5.69 Å². The van der Waals surface area contributed by atoms with Crippen LogP contribution in [0.15, 0.2) is 66.3 Å². The van der Waals surface area contributed by atoms with Crippen molar-refractivity contribution in [1.82, 2.24) is 9.47 Å². The summed E-state index contributed by atoms with van der Waals surface area (Å²) in [5.74, 6) is -1.94. The van der Waals surface area contributed by atoms with E-state index in [2.05, 4.69) is 35.9 Å². The van der Waals surface area contributed by atoms with Crippen LogP contribution in [0.25, 0.3) is 21.8 Å². The number of rotatable bonds is 8. The van der Waals surface area contributed by atoms with Gasteiger partial charge in [0.2, 0.25) is 11.8 Å². The Morgan fingerprint density at radius 1 is 1.05 bits per heavy atom. The van der Waals surface area contributed by atoms with E-state index in [4.69, 9.17) is 0 Å². The summed E-state index contributed by atoms with van der Waals surface area (Å²) in [5, 5.41) is 15.5. The Balaban J connectivity index is 1.34. The number of fused-ring (bicyclic) bond motifs is 3. The summed E-state index contributed by atoms with van der Waals surface area (Å²) in [6.07, 6.45) is 8.09. The van der Waals surface area contributed by atoms with Gasteiger partial charge in [-0.2, -0.15) is 0 Å². The number of anilines is 1. The van der Waals surface area contributed by atoms with Crippen molar-refractivity contribution < 1.29 is 19.5 Å². The molecule has 3 aromatic rings. The quantitative estimate of drug-likeness (QED) is 0.328. The number of allylic oxidation sites excluding steroid dienone is 3. The van der Waals surface area contributed by atoms with E-state index in [-0.39, 0.29) is 24.7 Å². The number of carbonyl (C=O) groups is 3. The lowest BCUT2D eigenvalue weighted by Crippen LogP contribution is -2.47. The number of amides is 2. The van der Waals surface area contributed by atoms with Crippen LogP contribution < -0.4 is 5.32 Å². The molecule has 2 amide bonds. The van der Waals surface area contributed by atoms with Crippen molar-refractivity contribution in [2.24, 2.45) is 5.92 Å². The van der Waals surface area contributed by atoms with Gasteiger partial charge in [-0.1, -0.05) is 56.2 Å². The highest BCUT2D eigenvalue weighted by Gasteiger charge is 2.43. The highest BCUT2D eigenvalue weighted by atomic mass is 16.3. The fourth-order valence-corrected chi connectivity index (χ4v) is 5.80. The molecule has 0 spiro atoms. The number of aromatic nitrogens is 1. The predicted octanol–water partition coefficient (Wildman–Crippen LogP) is 4.98. The van der Waals surface area contributed by atoms with Crippen molar-refractivity contribution >= 4 is 45.1 Å². The van der Waals surface area contributed by atoms with E-state index < -0.39 is 24.0 Å². The molecule has 3 unspecified atom stereocenters. The van der Waals surface area contributed by atoms with Crippen LogP contribution in [0.5, 0.6) is 0 Å². The number of β-amino-alcohol motifs (C(OH)–C–C–N with tert-alkyl or cyclic N) is 1. The summed E-state index contributed by atoms with van der Waals surface area (Å²) >= 11 is 0. The number of benzene rings is 2. The van der Waals surface area contributed by atoms with Crippen LogP contribution in [-0.2, 0) is 20.9 Å². The molecular weight excluding hydrogens is 478 g/mol. The van der Waals surface area contributed by atoms with Gasteiger partial charge in [0.25, 0.3) is 0 Å². The number of nitrogens with one attached hydrogen (secondary N) is 1. The lowest BCUT2D eigenvalue weighted by Gasteiger charge is -2.27. The maximum atomic E-state index is 13.5. The monoisotopic (exact) mass is 513 g/mol. The molecule has 7 nitrogen and oxygen atoms in total. The normalized spacial score (nSPS) is 21.3. The molecule has 2 N–H and O–H groups in total. The second-order valence-corrected chi connectivity index (χ2v) is 10.3. The van der Waals surface area contributed by atoms with Crippen LogP contribution in [0.3, 0.4) is 0 Å². The summed E-state index contributed by atoms with van der Waals surface area (Å²) in [5.41, 5.74) is 3.51. The number of aliphatic hydroxyl groups excluding tert-OH is 1. The Kier molecular flexibility index (Phi) is 7.47. The van der Waals surface area contributed by atoms with E-state index in [1.54, 1.807) is 18.2 Å². The van der Waals surface area contributed by atoms with E-state index in [0.29, 0.717) is 17.7 Å². The van der Waals surface area contributed by atoms with Crippen LogP contribution in [0.2, 0.25) is 0 Å². The van der Waals surface area contributed by atoms with Gasteiger partial charge in [0.15, 0.2) is 5.78 Å². The number of para-hydroxylation sites is 1. The van der Waals surface area contributed by atoms with Crippen LogP contribution >= 0.6 is 0 Å². The largest absolute Gasteiger partial charge is 0.391 e. The Morgan fingerprint density at radius 3 is 2.63 bits per heavy atom. The van der Waals surface area contributed by atoms with E-state index in [1.807, 2.05) is 30.3 Å². The molecule has 1 aromatic heterocycles. The number of hydrogen-bond donors (Lipinski definition) is 2. The molecule has 1 fully saturated rings. The first-order valence-electron chi connectivity index (χ1n) is 13.6. The molecule has 1 aliphatic heterocycles. The Bertz CT molecular complexity index is 1450. The van der Waals surface area contributed by atoms with Gasteiger partial charge < -0.3 is 19.9 Å². The molecule has 5 rings (SSSR count). The average molecular weight is 514 g/mol. The third-order valence-corrected chi connectivity index (χ3v) is 7.74. The SMILES string of the molecule is CCCCCC1=CC=CC(C(=O)N2CC(O)CC2C(=O)Nc2ccc3c(c2)c2ccccc2n3CC)C1=O. The van der Waals surface area contributed by atoms with Gasteiger partial charge in [-0.15, -0.1) is 0 Å². The summed E-state index contributed by atoms with van der Waals surface area (Å²) in [6.45, 7) is 5.08. The van der Waals surface area contributed by atoms with Gasteiger partial charge in [0.1, 0.15) is 12.0 Å². The van der Waals surface area contributed by atoms with E-state index >= 15 is 0 Å². The first-order chi connectivity index (χ1) is 18.4. The molecule has 198 valence electrons. The van der Waals surface area contributed by atoms with Crippen molar-refractivity contribution in [2.75, 3.05) is 11.9 Å². The van der Waals surface area contributed by atoms with Crippen LogP contribution in [-0.4, -0.2) is 50.9 Å². The van der Waals surface area contributed by atoms with Gasteiger partial charge in [0.05, 0.1) is 6.10 Å². The third kappa shape index (κ3) is 4.78. The molecular formula is C31H35N3O4. The summed E-state index contributed by atoms with van der Waals surface area (Å²) in [7, 11) is 0. The average Bonchev–Trinajstić information content (AvgIpc) is 3.47. The Labute approximate surface area is 222 Å². The standard InChI is InChI=1S/C31H35N3O4/c1-3-5-6-10-20-11-9-13-24(29(20)36)31(38)34-19-22(35)18-28(34)30(37)32-21-15-16-27-25(17-21)23-12-7-8-14-26(23)33(27)4-2/h7-9,11-17,22,24,28,35H,3-6,10,18-19H2,1-2H3,(H,32,37). The fraction of sp³-hybridized carbons (Fsp3) is 0.387. The van der Waals surface area contributed by atoms with Crippen molar-refractivity contribution in [2.45, 2.75) is 64.6 Å². The smallest absolute Gasteiger partial charge is 0.247 e. The van der Waals surface area contributed by atoms with Crippen LogP contribution in [0.1, 0.15) is 46.0 Å². The number of likely N-dealkylation sites (tertiary alicyclic amines) is 1. The molecule has 0 bridgehead atoms. The second kappa shape index (κ2) is 11.0. The molecule has 2 aromatic carbocycles. The zero-order chi connectivity index (χ0) is 26.8. The van der Waals surface area contributed by atoms with Gasteiger partial charge in [-0.25, -0.2) is 0 Å². The van der Waals surface area contributed by atoms with Gasteiger partial charge >= 0.3 is 0 Å². The number of aliphatic hydroxyl groups is 1. The van der Waals surface area contributed by atoms with Gasteiger partial charge in [-0.3, -0.25) is 14.4 Å². The predicted molar refractivity (Wildman–Crippen MR) is 150 cm³/mol. The maximum Gasteiger partial charge on any atom is 0.247 e. The van der Waals surface area contributed by atoms with Crippen molar-refractivity contribution in [1.29, 1.82) is 0 Å². The number of hydrogen-bond acceptors (Lipinski definition) is 4. The highest BCUT2D eigenvalue weighted by molar-refractivity contribution is 6.13. The molecule has 0 radical (unpaired) electrons. The number of unbranched alkanes of at least 4 members (excludes halogenated alkanes) is 2. The molecule has 38 heavy (non-hydrogen) atoms. The third-order valence-electron chi connectivity index (χ3n) is 7.74. The Morgan fingerprint density at radius 2 is 1.84 bits per heavy atom. The van der Waals surface area contributed by atoms with E-state index in [0.717, 1.165) is 47.6 Å². The molecule has 1 saturated heterocycles. The Hall–Kier alpha value is -3.71. The molecule has 0 saturated carbocycles. The number of aryl methyl sites for hydroxylation is 1. The molecule has 3 atom stereocenters. The minimum absolute atomic E-state index is 0.0342. The highest BCUT2D eigenvalue weighted by Crippen LogP contribution is 2.32. The first kappa shape index (κ1) is 25.9. The summed E-state index contributed by atoms with van der Waals surface area (Å²) in [6, 6.07) is 13.2. The minimum Gasteiger partial charge on any atom is -0.391 e. The zero-order valence-corrected chi connectivity index (χ0v) is 22.0. The second-order valence-electron chi connectivity index (χ2n) is 10.3. The van der Waals surface area contributed by atoms with E-state index in [1.165, 1.54) is 4.90 Å². The summed E-state index contributed by atoms with van der Waals surface area (Å²) < 4.78 is 2.24. The molecule has 1 aliphatic carbocycles. The van der Waals surface area contributed by atoms with Crippen LogP contribution in [0, 0.1) is 5.92 Å². The topological polar surface area (TPSA) is 91.6 Å². The number of nitrogens with zero attached hydrogens (tertiary/aromatic N) is 2. The number of ketones is 1. The van der Waals surface area contributed by atoms with Gasteiger partial charge in [-0.05, 0) is 49.6 Å². The molecule has 7 heteroatoms. The minimum atomic E-state index is -0.950. The van der Waals surface area contributed by atoms with Crippen molar-refractivity contribution in [3.8, 4) is 0 Å². The first-order valence-corrected chi connectivity index (χ1v) is 13.6. The lowest BCUT2D eigenvalue weighted by atomic mass is 9.88. The van der Waals surface area contributed by atoms with E-state index in [9.17, 15) is 19.5 Å². The number of Topliss-reactive ketones (excluding diaryl/α,β-unsaturated/α-hetero) is 1. The molecule has 2 aliphatic rings. The van der Waals surface area contributed by atoms with Crippen molar-refractivity contribution in [3.05, 3.63) is 66.3 Å². The summed E-state index contributed by atoms with van der Waals surface area (Å²) in [4.78, 5) is 41.4. The van der Waals surface area contributed by atoms with Crippen molar-refractivity contribution in [3.63, 3.8) is 0 Å². The van der Waals surface area contributed by atoms with Gasteiger partial charge in [0, 0.05) is 47.0 Å². The maximum absolute atomic E-state index is 13.5. The fourth-order valence-electron chi connectivity index (χ4n) is 5.80. The number of carbonyl (C=O) groups excluding carboxylic acids is 3. The lowest BCUT2D eigenvalue weighted by molar-refractivity contribution is -0.142.